The van der Waals surface area contributed by atoms with Crippen LogP contribution in [0.1, 0.15) is 25.7 Å². The fourth-order valence-electron chi connectivity index (χ4n) is 2.15. The topological polar surface area (TPSA) is 129 Å². The van der Waals surface area contributed by atoms with Crippen LogP contribution in [-0.4, -0.2) is 39.3 Å². The van der Waals surface area contributed by atoms with Crippen LogP contribution in [-0.2, 0) is 32.2 Å². The van der Waals surface area contributed by atoms with Crippen molar-refractivity contribution in [2.24, 2.45) is 0 Å². The highest BCUT2D eigenvalue weighted by molar-refractivity contribution is 5.81. The molecule has 0 aliphatic carbocycles. The first-order valence-corrected chi connectivity index (χ1v) is 8.43. The first-order chi connectivity index (χ1) is 12.9. The van der Waals surface area contributed by atoms with Gasteiger partial charge < -0.3 is 9.47 Å². The van der Waals surface area contributed by atoms with Crippen molar-refractivity contribution in [3.63, 3.8) is 0 Å². The SMILES string of the molecule is C=CC(=O)OCCCCn1c(=O)[nH]c(=O)n(CCCCOC(=O)C=C)c1=O. The molecular formula is C17H23N3O7. The van der Waals surface area contributed by atoms with Crippen LogP contribution in [0.25, 0.3) is 0 Å². The minimum Gasteiger partial charge on any atom is -0.463 e. The van der Waals surface area contributed by atoms with Gasteiger partial charge in [0.1, 0.15) is 0 Å². The second kappa shape index (κ2) is 11.4. The Morgan fingerprint density at radius 3 is 1.59 bits per heavy atom. The fourth-order valence-corrected chi connectivity index (χ4v) is 2.15. The number of ether oxygens (including phenoxy) is 2. The van der Waals surface area contributed by atoms with E-state index in [0.717, 1.165) is 21.3 Å². The van der Waals surface area contributed by atoms with E-state index in [4.69, 9.17) is 9.47 Å². The Morgan fingerprint density at radius 2 is 1.22 bits per heavy atom. The van der Waals surface area contributed by atoms with Crippen molar-refractivity contribution in [3.05, 3.63) is 56.8 Å². The van der Waals surface area contributed by atoms with E-state index in [1.165, 1.54) is 0 Å². The van der Waals surface area contributed by atoms with Crippen molar-refractivity contribution in [3.8, 4) is 0 Å². The van der Waals surface area contributed by atoms with Crippen molar-refractivity contribution in [1.29, 1.82) is 0 Å². The van der Waals surface area contributed by atoms with Crippen LogP contribution in [0.5, 0.6) is 0 Å². The summed E-state index contributed by atoms with van der Waals surface area (Å²) in [4.78, 5) is 60.0. The summed E-state index contributed by atoms with van der Waals surface area (Å²) in [5.41, 5.74) is -2.29. The molecule has 27 heavy (non-hydrogen) atoms. The van der Waals surface area contributed by atoms with Gasteiger partial charge in [-0.25, -0.2) is 33.1 Å². The van der Waals surface area contributed by atoms with Crippen LogP contribution in [0, 0.1) is 0 Å². The third-order valence-electron chi connectivity index (χ3n) is 3.54. The predicted octanol–water partition coefficient (Wildman–Crippen LogP) is -0.283. The van der Waals surface area contributed by atoms with Gasteiger partial charge in [0, 0.05) is 25.2 Å². The zero-order valence-electron chi connectivity index (χ0n) is 15.0. The van der Waals surface area contributed by atoms with E-state index in [-0.39, 0.29) is 26.3 Å². The van der Waals surface area contributed by atoms with Gasteiger partial charge in [-0.1, -0.05) is 13.2 Å². The summed E-state index contributed by atoms with van der Waals surface area (Å²) in [7, 11) is 0. The standard InChI is InChI=1S/C17H23N3O7/c1-3-13(21)26-11-7-5-9-19-15(23)18-16(24)20(17(19)25)10-6-8-12-27-14(22)4-2/h3-4H,1-2,5-12H2,(H,18,23,24). The summed E-state index contributed by atoms with van der Waals surface area (Å²) in [6.45, 7) is 6.98. The van der Waals surface area contributed by atoms with E-state index in [9.17, 15) is 24.0 Å². The quantitative estimate of drug-likeness (QED) is 0.299. The fraction of sp³-hybridized carbons (Fsp3) is 0.471. The Kier molecular flexibility index (Phi) is 9.27. The molecule has 0 aliphatic heterocycles. The molecule has 0 saturated heterocycles. The average Bonchev–Trinajstić information content (AvgIpc) is 2.65. The van der Waals surface area contributed by atoms with E-state index in [1.54, 1.807) is 0 Å². The second-order valence-corrected chi connectivity index (χ2v) is 5.48. The van der Waals surface area contributed by atoms with Gasteiger partial charge in [0.15, 0.2) is 0 Å². The predicted molar refractivity (Wildman–Crippen MR) is 96.4 cm³/mol. The lowest BCUT2D eigenvalue weighted by Gasteiger charge is -2.09. The Hall–Kier alpha value is -3.17. The number of unbranched alkanes of at least 4 members (excludes halogenated alkanes) is 2. The monoisotopic (exact) mass is 381 g/mol. The molecule has 0 spiro atoms. The van der Waals surface area contributed by atoms with Crippen molar-refractivity contribution >= 4 is 11.9 Å². The number of carbonyl (C=O) groups is 2. The van der Waals surface area contributed by atoms with Gasteiger partial charge in [0.05, 0.1) is 13.2 Å². The molecule has 1 aromatic rings. The lowest BCUT2D eigenvalue weighted by atomic mass is 10.3. The highest BCUT2D eigenvalue weighted by Gasteiger charge is 2.09. The average molecular weight is 381 g/mol. The molecule has 148 valence electrons. The van der Waals surface area contributed by atoms with E-state index in [1.807, 2.05) is 0 Å². The van der Waals surface area contributed by atoms with E-state index < -0.39 is 29.0 Å². The number of nitrogens with zero attached hydrogens (tertiary/aromatic N) is 2. The number of rotatable bonds is 12. The number of aromatic amines is 1. The van der Waals surface area contributed by atoms with Crippen LogP contribution >= 0.6 is 0 Å². The molecular weight excluding hydrogens is 358 g/mol. The molecule has 0 atom stereocenters. The van der Waals surface area contributed by atoms with Crippen molar-refractivity contribution < 1.29 is 19.1 Å². The van der Waals surface area contributed by atoms with Gasteiger partial charge in [-0.2, -0.15) is 0 Å². The highest BCUT2D eigenvalue weighted by Crippen LogP contribution is 1.94. The Bertz CT molecular complexity index is 782. The number of hydrogen-bond donors (Lipinski definition) is 1. The Balaban J connectivity index is 2.62. The third kappa shape index (κ3) is 7.30. The number of hydrogen-bond acceptors (Lipinski definition) is 7. The number of H-pyrrole nitrogens is 1. The largest absolute Gasteiger partial charge is 0.463 e. The molecule has 0 radical (unpaired) electrons. The molecule has 10 heteroatoms. The lowest BCUT2D eigenvalue weighted by molar-refractivity contribution is -0.138. The van der Waals surface area contributed by atoms with Crippen LogP contribution in [0.15, 0.2) is 39.7 Å². The zero-order chi connectivity index (χ0) is 20.2. The normalized spacial score (nSPS) is 10.2. The smallest absolute Gasteiger partial charge is 0.336 e. The van der Waals surface area contributed by atoms with E-state index in [0.29, 0.717) is 25.7 Å². The van der Waals surface area contributed by atoms with Crippen molar-refractivity contribution in [1.82, 2.24) is 14.1 Å². The molecule has 0 unspecified atom stereocenters. The third-order valence-corrected chi connectivity index (χ3v) is 3.54. The molecule has 0 bridgehead atoms. The number of esters is 2. The van der Waals surface area contributed by atoms with Crippen molar-refractivity contribution in [2.75, 3.05) is 13.2 Å². The maximum atomic E-state index is 12.4. The minimum absolute atomic E-state index is 0.0804. The van der Waals surface area contributed by atoms with Gasteiger partial charge >= 0.3 is 29.0 Å². The molecule has 1 heterocycles. The summed E-state index contributed by atoms with van der Waals surface area (Å²) < 4.78 is 11.5. The van der Waals surface area contributed by atoms with E-state index >= 15 is 0 Å². The van der Waals surface area contributed by atoms with Crippen LogP contribution in [0.4, 0.5) is 0 Å². The first-order valence-electron chi connectivity index (χ1n) is 8.43. The summed E-state index contributed by atoms with van der Waals surface area (Å²) in [6.07, 6.45) is 3.79. The summed E-state index contributed by atoms with van der Waals surface area (Å²) in [5.74, 6) is -1.09. The minimum atomic E-state index is -0.788. The van der Waals surface area contributed by atoms with Crippen LogP contribution < -0.4 is 17.1 Å². The maximum absolute atomic E-state index is 12.4. The molecule has 0 aromatic carbocycles. The highest BCUT2D eigenvalue weighted by atomic mass is 16.5. The number of carbonyl (C=O) groups excluding carboxylic acids is 2. The van der Waals surface area contributed by atoms with Crippen LogP contribution in [0.3, 0.4) is 0 Å². The van der Waals surface area contributed by atoms with Gasteiger partial charge in [0.2, 0.25) is 0 Å². The van der Waals surface area contributed by atoms with E-state index in [2.05, 4.69) is 18.1 Å². The summed E-state index contributed by atoms with van der Waals surface area (Å²) in [5, 5.41) is 0. The Labute approximate surface area is 154 Å². The molecule has 0 amide bonds. The molecule has 10 nitrogen and oxygen atoms in total. The molecule has 0 aliphatic rings. The molecule has 0 fully saturated rings. The molecule has 1 aromatic heterocycles. The Morgan fingerprint density at radius 1 is 0.815 bits per heavy atom. The van der Waals surface area contributed by atoms with Crippen molar-refractivity contribution in [2.45, 2.75) is 38.8 Å². The molecule has 1 rings (SSSR count). The van der Waals surface area contributed by atoms with Gasteiger partial charge in [-0.05, 0) is 25.7 Å². The second-order valence-electron chi connectivity index (χ2n) is 5.48. The zero-order valence-corrected chi connectivity index (χ0v) is 15.0. The van der Waals surface area contributed by atoms with Gasteiger partial charge in [0.25, 0.3) is 0 Å². The maximum Gasteiger partial charge on any atom is 0.336 e. The summed E-state index contributed by atoms with van der Waals surface area (Å²) >= 11 is 0. The summed E-state index contributed by atoms with van der Waals surface area (Å²) in [6, 6.07) is 0. The number of nitrogens with one attached hydrogen (secondary N) is 1. The lowest BCUT2D eigenvalue weighted by Crippen LogP contribution is -2.49. The van der Waals surface area contributed by atoms with Gasteiger partial charge in [-0.3, -0.25) is 4.98 Å². The first kappa shape index (κ1) is 21.9. The van der Waals surface area contributed by atoms with Gasteiger partial charge in [-0.15, -0.1) is 0 Å². The number of aromatic nitrogens is 3. The molecule has 0 saturated carbocycles. The molecule has 1 N–H and O–H groups in total. The van der Waals surface area contributed by atoms with Crippen LogP contribution in [0.2, 0.25) is 0 Å².